The fraction of sp³-hybridized carbons (Fsp3) is 0.882. The van der Waals surface area contributed by atoms with E-state index in [1.165, 1.54) is 6.92 Å². The Hall–Kier alpha value is -0.890. The molecule has 7 heteroatoms. The Morgan fingerprint density at radius 2 is 1.88 bits per heavy atom. The fourth-order valence-corrected chi connectivity index (χ4v) is 6.62. The van der Waals surface area contributed by atoms with Crippen molar-refractivity contribution in [3.05, 3.63) is 0 Å². The number of hydrogen-bond acceptors (Lipinski definition) is 3. The second-order valence-electron chi connectivity index (χ2n) is 7.44. The second kappa shape index (κ2) is 7.15. The van der Waals surface area contributed by atoms with Crippen molar-refractivity contribution in [2.75, 3.05) is 6.54 Å². The zero-order valence-electron chi connectivity index (χ0n) is 14.8. The van der Waals surface area contributed by atoms with Crippen LogP contribution in [0, 0.1) is 29.1 Å². The van der Waals surface area contributed by atoms with Crippen LogP contribution in [0.3, 0.4) is 0 Å². The monoisotopic (exact) mass is 356 g/mol. The summed E-state index contributed by atoms with van der Waals surface area (Å²) >= 11 is 0. The largest absolute Gasteiger partial charge is 0.331 e. The number of fused-ring (bicyclic) bond motifs is 1. The average molecular weight is 356 g/mol. The maximum absolute atomic E-state index is 12.2. The van der Waals surface area contributed by atoms with E-state index >= 15 is 0 Å². The van der Waals surface area contributed by atoms with Crippen LogP contribution in [0.25, 0.3) is 0 Å². The third-order valence-electron chi connectivity index (χ3n) is 6.59. The molecule has 4 unspecified atom stereocenters. The van der Waals surface area contributed by atoms with Crippen molar-refractivity contribution in [2.24, 2.45) is 17.8 Å². The molecule has 0 aromatic rings. The molecule has 1 aliphatic heterocycles. The van der Waals surface area contributed by atoms with E-state index < -0.39 is 18.8 Å². The van der Waals surface area contributed by atoms with Gasteiger partial charge in [0.25, 0.3) is 0 Å². The molecule has 0 spiro atoms. The standard InChI is InChI=1S/C17H29N2O4P/c1-4-17(5-2,24(21,22)23)15-7-6-13-11-19(12(3)20)16(10-18)9-14(13)8-15/h13-16H,4-9,11H2,1-3H3,(H2,21,22,23). The van der Waals surface area contributed by atoms with E-state index in [2.05, 4.69) is 6.07 Å². The minimum atomic E-state index is -4.20. The van der Waals surface area contributed by atoms with Crippen LogP contribution in [0.4, 0.5) is 0 Å². The van der Waals surface area contributed by atoms with Crippen LogP contribution in [-0.2, 0) is 9.36 Å². The molecule has 6 nitrogen and oxygen atoms in total. The van der Waals surface area contributed by atoms with Crippen LogP contribution in [0.2, 0.25) is 0 Å². The summed E-state index contributed by atoms with van der Waals surface area (Å²) in [4.78, 5) is 33.4. The Balaban J connectivity index is 2.21. The number of piperidine rings is 1. The summed E-state index contributed by atoms with van der Waals surface area (Å²) in [6.45, 7) is 5.84. The van der Waals surface area contributed by atoms with Crippen molar-refractivity contribution in [1.29, 1.82) is 5.26 Å². The van der Waals surface area contributed by atoms with Gasteiger partial charge in [-0.25, -0.2) is 0 Å². The Morgan fingerprint density at radius 3 is 2.33 bits per heavy atom. The van der Waals surface area contributed by atoms with Crippen molar-refractivity contribution in [2.45, 2.75) is 70.5 Å². The quantitative estimate of drug-likeness (QED) is 0.754. The van der Waals surface area contributed by atoms with Gasteiger partial charge in [-0.1, -0.05) is 13.8 Å². The third-order valence-corrected chi connectivity index (χ3v) is 8.75. The molecule has 2 aliphatic rings. The molecule has 1 aliphatic carbocycles. The zero-order valence-corrected chi connectivity index (χ0v) is 15.7. The first-order valence-electron chi connectivity index (χ1n) is 8.92. The number of carbonyl (C=O) groups is 1. The highest BCUT2D eigenvalue weighted by molar-refractivity contribution is 7.53. The van der Waals surface area contributed by atoms with E-state index in [9.17, 15) is 24.4 Å². The van der Waals surface area contributed by atoms with Gasteiger partial charge in [0.05, 0.1) is 11.2 Å². The number of likely N-dealkylation sites (tertiary alicyclic amines) is 1. The van der Waals surface area contributed by atoms with Gasteiger partial charge in [0.1, 0.15) is 6.04 Å². The van der Waals surface area contributed by atoms with Gasteiger partial charge in [0.15, 0.2) is 0 Å². The topological polar surface area (TPSA) is 102 Å². The van der Waals surface area contributed by atoms with Gasteiger partial charge in [0.2, 0.25) is 5.91 Å². The van der Waals surface area contributed by atoms with Crippen LogP contribution in [0.1, 0.15) is 59.3 Å². The molecule has 1 saturated heterocycles. The molecule has 2 rings (SSSR count). The predicted octanol–water partition coefficient (Wildman–Crippen LogP) is 2.90. The number of nitriles is 1. The molecule has 1 amide bonds. The maximum Gasteiger partial charge on any atom is 0.331 e. The number of nitrogens with zero attached hydrogens (tertiary/aromatic N) is 2. The van der Waals surface area contributed by atoms with Crippen LogP contribution >= 0.6 is 7.60 Å². The normalized spacial score (nSPS) is 31.2. The number of rotatable bonds is 4. The molecule has 1 saturated carbocycles. The highest BCUT2D eigenvalue weighted by Crippen LogP contribution is 2.62. The Bertz CT molecular complexity index is 563. The maximum atomic E-state index is 12.2. The van der Waals surface area contributed by atoms with Gasteiger partial charge in [-0.15, -0.1) is 0 Å². The molecule has 0 radical (unpaired) electrons. The molecule has 4 atom stereocenters. The summed E-state index contributed by atoms with van der Waals surface area (Å²) < 4.78 is 12.2. The van der Waals surface area contributed by atoms with Gasteiger partial charge >= 0.3 is 7.60 Å². The number of amides is 1. The minimum Gasteiger partial charge on any atom is -0.327 e. The van der Waals surface area contributed by atoms with Crippen molar-refractivity contribution in [3.63, 3.8) is 0 Å². The Labute approximate surface area is 144 Å². The van der Waals surface area contributed by atoms with Crippen LogP contribution in [-0.4, -0.2) is 38.3 Å². The molecule has 24 heavy (non-hydrogen) atoms. The number of hydrogen-bond donors (Lipinski definition) is 2. The van der Waals surface area contributed by atoms with Gasteiger partial charge < -0.3 is 14.7 Å². The Morgan fingerprint density at radius 1 is 1.25 bits per heavy atom. The van der Waals surface area contributed by atoms with Crippen LogP contribution in [0.15, 0.2) is 0 Å². The van der Waals surface area contributed by atoms with Gasteiger partial charge in [0, 0.05) is 13.5 Å². The van der Waals surface area contributed by atoms with Crippen LogP contribution in [0.5, 0.6) is 0 Å². The second-order valence-corrected chi connectivity index (χ2v) is 9.42. The average Bonchev–Trinajstić information content (AvgIpc) is 2.53. The summed E-state index contributed by atoms with van der Waals surface area (Å²) in [7, 11) is -4.20. The first kappa shape index (κ1) is 19.4. The van der Waals surface area contributed by atoms with E-state index in [4.69, 9.17) is 0 Å². The van der Waals surface area contributed by atoms with Crippen molar-refractivity contribution < 1.29 is 19.1 Å². The lowest BCUT2D eigenvalue weighted by Crippen LogP contribution is -2.52. The minimum absolute atomic E-state index is 0.0159. The molecule has 2 N–H and O–H groups in total. The third kappa shape index (κ3) is 3.27. The molecule has 0 aromatic heterocycles. The first-order chi connectivity index (χ1) is 11.2. The molecule has 2 fully saturated rings. The fourth-order valence-electron chi connectivity index (χ4n) is 5.09. The van der Waals surface area contributed by atoms with E-state index in [0.29, 0.717) is 31.7 Å². The van der Waals surface area contributed by atoms with Crippen molar-refractivity contribution in [1.82, 2.24) is 4.90 Å². The van der Waals surface area contributed by atoms with Crippen LogP contribution < -0.4 is 0 Å². The van der Waals surface area contributed by atoms with Gasteiger partial charge in [-0.3, -0.25) is 9.36 Å². The molecule has 0 bridgehead atoms. The molecule has 136 valence electrons. The summed E-state index contributed by atoms with van der Waals surface area (Å²) in [6, 6.07) is 1.82. The molecular formula is C17H29N2O4P. The predicted molar refractivity (Wildman–Crippen MR) is 91.1 cm³/mol. The zero-order chi connectivity index (χ0) is 18.1. The highest BCUT2D eigenvalue weighted by Gasteiger charge is 2.53. The summed E-state index contributed by atoms with van der Waals surface area (Å²) in [5, 5.41) is 8.43. The smallest absolute Gasteiger partial charge is 0.327 e. The highest BCUT2D eigenvalue weighted by atomic mass is 31.2. The Kier molecular flexibility index (Phi) is 5.79. The lowest BCUT2D eigenvalue weighted by Gasteiger charge is -2.50. The summed E-state index contributed by atoms with van der Waals surface area (Å²) in [5.74, 6) is 0.539. The summed E-state index contributed by atoms with van der Waals surface area (Å²) in [5.41, 5.74) is 0. The molecule has 1 heterocycles. The lowest BCUT2D eigenvalue weighted by atomic mass is 9.65. The van der Waals surface area contributed by atoms with Gasteiger partial charge in [-0.2, -0.15) is 5.26 Å². The van der Waals surface area contributed by atoms with Crippen molar-refractivity contribution in [3.8, 4) is 6.07 Å². The van der Waals surface area contributed by atoms with Gasteiger partial charge in [-0.05, 0) is 56.3 Å². The molecular weight excluding hydrogens is 327 g/mol. The van der Waals surface area contributed by atoms with E-state index in [0.717, 1.165) is 19.3 Å². The molecule has 0 aromatic carbocycles. The van der Waals surface area contributed by atoms with E-state index in [1.54, 1.807) is 4.90 Å². The van der Waals surface area contributed by atoms with Crippen molar-refractivity contribution >= 4 is 13.5 Å². The SMILES string of the molecule is CCC(CC)(C1CCC2CN(C(C)=O)C(C#N)CC2C1)P(=O)(O)O. The summed E-state index contributed by atoms with van der Waals surface area (Å²) in [6.07, 6.45) is 3.98. The lowest BCUT2D eigenvalue weighted by molar-refractivity contribution is -0.134. The van der Waals surface area contributed by atoms with E-state index in [-0.39, 0.29) is 17.7 Å². The number of carbonyl (C=O) groups excluding carboxylic acids is 1. The van der Waals surface area contributed by atoms with E-state index in [1.807, 2.05) is 13.8 Å². The first-order valence-corrected chi connectivity index (χ1v) is 10.5.